The zero-order valence-electron chi connectivity index (χ0n) is 13.9. The first-order valence-corrected chi connectivity index (χ1v) is 7.66. The van der Waals surface area contributed by atoms with Crippen molar-refractivity contribution in [2.45, 2.75) is 13.8 Å². The standard InChI is InChI=1S/C18H19N3O4/c1-3-25-16-10-13(6-9-15(16)22)11-19-21-18(24)17(23)20-14-7-4-12(2)5-8-14/h4-11,22H,3H2,1-2H3,(H,20,23)(H,21,24)/b19-11+. The molecule has 25 heavy (non-hydrogen) atoms. The van der Waals surface area contributed by atoms with E-state index in [1.165, 1.54) is 12.3 Å². The molecule has 0 radical (unpaired) electrons. The van der Waals surface area contributed by atoms with Gasteiger partial charge in [-0.1, -0.05) is 17.7 Å². The molecule has 0 fully saturated rings. The summed E-state index contributed by atoms with van der Waals surface area (Å²) in [5, 5.41) is 15.8. The fourth-order valence-corrected chi connectivity index (χ4v) is 1.92. The minimum absolute atomic E-state index is 0.0144. The molecular formula is C18H19N3O4. The number of carbonyl (C=O) groups excluding carboxylic acids is 2. The Morgan fingerprint density at radius 1 is 1.16 bits per heavy atom. The molecule has 7 heteroatoms. The molecule has 0 spiro atoms. The Kier molecular flexibility index (Phi) is 6.11. The van der Waals surface area contributed by atoms with Gasteiger partial charge in [0.15, 0.2) is 11.5 Å². The van der Waals surface area contributed by atoms with E-state index in [1.807, 2.05) is 19.1 Å². The Hall–Kier alpha value is -3.35. The number of aryl methyl sites for hydroxylation is 1. The number of amides is 2. The lowest BCUT2D eigenvalue weighted by atomic mass is 10.2. The molecule has 3 N–H and O–H groups in total. The third kappa shape index (κ3) is 5.35. The number of ether oxygens (including phenoxy) is 1. The number of benzene rings is 2. The molecule has 2 aromatic rings. The predicted molar refractivity (Wildman–Crippen MR) is 94.8 cm³/mol. The lowest BCUT2D eigenvalue weighted by Gasteiger charge is -2.06. The number of rotatable bonds is 5. The molecule has 0 heterocycles. The summed E-state index contributed by atoms with van der Waals surface area (Å²) in [5.74, 6) is -1.38. The summed E-state index contributed by atoms with van der Waals surface area (Å²) in [6.07, 6.45) is 1.35. The first-order valence-electron chi connectivity index (χ1n) is 7.66. The average molecular weight is 341 g/mol. The Morgan fingerprint density at radius 3 is 2.56 bits per heavy atom. The van der Waals surface area contributed by atoms with Crippen LogP contribution in [0.4, 0.5) is 5.69 Å². The number of aromatic hydroxyl groups is 1. The highest BCUT2D eigenvalue weighted by atomic mass is 16.5. The van der Waals surface area contributed by atoms with Gasteiger partial charge in [0.2, 0.25) is 0 Å². The molecule has 0 aliphatic rings. The smallest absolute Gasteiger partial charge is 0.329 e. The van der Waals surface area contributed by atoms with Crippen LogP contribution >= 0.6 is 0 Å². The van der Waals surface area contributed by atoms with E-state index in [4.69, 9.17) is 4.74 Å². The minimum Gasteiger partial charge on any atom is -0.504 e. The number of hydrazone groups is 1. The Bertz CT molecular complexity index is 785. The highest BCUT2D eigenvalue weighted by Gasteiger charge is 2.12. The second-order valence-electron chi connectivity index (χ2n) is 5.18. The van der Waals surface area contributed by atoms with Crippen LogP contribution in [0.2, 0.25) is 0 Å². The molecule has 2 amide bonds. The maximum atomic E-state index is 11.8. The molecule has 2 aromatic carbocycles. The van der Waals surface area contributed by atoms with Gasteiger partial charge in [0, 0.05) is 5.69 Å². The quantitative estimate of drug-likeness (QED) is 0.441. The van der Waals surface area contributed by atoms with Crippen LogP contribution < -0.4 is 15.5 Å². The minimum atomic E-state index is -0.888. The second kappa shape index (κ2) is 8.49. The van der Waals surface area contributed by atoms with E-state index in [0.29, 0.717) is 23.6 Å². The molecule has 0 bridgehead atoms. The predicted octanol–water partition coefficient (Wildman–Crippen LogP) is 2.19. The van der Waals surface area contributed by atoms with Gasteiger partial charge in [-0.15, -0.1) is 0 Å². The fraction of sp³-hybridized carbons (Fsp3) is 0.167. The summed E-state index contributed by atoms with van der Waals surface area (Å²) < 4.78 is 5.25. The van der Waals surface area contributed by atoms with Crippen molar-refractivity contribution in [3.8, 4) is 11.5 Å². The van der Waals surface area contributed by atoms with E-state index in [1.54, 1.807) is 31.2 Å². The first-order chi connectivity index (χ1) is 12.0. The first kappa shape index (κ1) is 18.0. The van der Waals surface area contributed by atoms with Crippen molar-refractivity contribution in [1.82, 2.24) is 5.43 Å². The number of phenolic OH excluding ortho intramolecular Hbond substituents is 1. The van der Waals surface area contributed by atoms with Crippen LogP contribution in [0.25, 0.3) is 0 Å². The highest BCUT2D eigenvalue weighted by molar-refractivity contribution is 6.39. The third-order valence-corrected chi connectivity index (χ3v) is 3.18. The average Bonchev–Trinajstić information content (AvgIpc) is 2.59. The third-order valence-electron chi connectivity index (χ3n) is 3.18. The topological polar surface area (TPSA) is 100 Å². The monoisotopic (exact) mass is 341 g/mol. The molecule has 0 saturated heterocycles. The number of nitrogens with one attached hydrogen (secondary N) is 2. The lowest BCUT2D eigenvalue weighted by Crippen LogP contribution is -2.32. The van der Waals surface area contributed by atoms with Crippen molar-refractivity contribution in [1.29, 1.82) is 0 Å². The summed E-state index contributed by atoms with van der Waals surface area (Å²) in [6.45, 7) is 4.13. The molecule has 7 nitrogen and oxygen atoms in total. The van der Waals surface area contributed by atoms with E-state index in [2.05, 4.69) is 15.8 Å². The number of hydrogen-bond acceptors (Lipinski definition) is 5. The maximum absolute atomic E-state index is 11.8. The van der Waals surface area contributed by atoms with Crippen LogP contribution in [0.15, 0.2) is 47.6 Å². The molecule has 0 aromatic heterocycles. The van der Waals surface area contributed by atoms with Gasteiger partial charge in [-0.2, -0.15) is 5.10 Å². The van der Waals surface area contributed by atoms with E-state index < -0.39 is 11.8 Å². The SMILES string of the molecule is CCOc1cc(/C=N/NC(=O)C(=O)Nc2ccc(C)cc2)ccc1O. The Balaban J connectivity index is 1.92. The number of carbonyl (C=O) groups is 2. The summed E-state index contributed by atoms with van der Waals surface area (Å²) >= 11 is 0. The lowest BCUT2D eigenvalue weighted by molar-refractivity contribution is -0.136. The highest BCUT2D eigenvalue weighted by Crippen LogP contribution is 2.26. The van der Waals surface area contributed by atoms with Crippen LogP contribution in [0.3, 0.4) is 0 Å². The van der Waals surface area contributed by atoms with Crippen molar-refractivity contribution in [2.24, 2.45) is 5.10 Å². The van der Waals surface area contributed by atoms with Gasteiger partial charge in [0.1, 0.15) is 0 Å². The Labute approximate surface area is 145 Å². The normalized spacial score (nSPS) is 10.5. The molecule has 0 saturated carbocycles. The van der Waals surface area contributed by atoms with E-state index in [-0.39, 0.29) is 5.75 Å². The van der Waals surface area contributed by atoms with Gasteiger partial charge >= 0.3 is 11.8 Å². The number of anilines is 1. The molecule has 130 valence electrons. The van der Waals surface area contributed by atoms with Gasteiger partial charge in [0.05, 0.1) is 12.8 Å². The van der Waals surface area contributed by atoms with Gasteiger partial charge in [-0.25, -0.2) is 5.43 Å². The van der Waals surface area contributed by atoms with Crippen molar-refractivity contribution in [3.63, 3.8) is 0 Å². The van der Waals surface area contributed by atoms with Crippen LogP contribution in [0.5, 0.6) is 11.5 Å². The van der Waals surface area contributed by atoms with Crippen molar-refractivity contribution in [2.75, 3.05) is 11.9 Å². The molecule has 2 rings (SSSR count). The summed E-state index contributed by atoms with van der Waals surface area (Å²) in [5.41, 5.74) is 4.31. The van der Waals surface area contributed by atoms with Crippen molar-refractivity contribution < 1.29 is 19.4 Å². The molecular weight excluding hydrogens is 322 g/mol. The van der Waals surface area contributed by atoms with Gasteiger partial charge in [0.25, 0.3) is 0 Å². The van der Waals surface area contributed by atoms with Crippen molar-refractivity contribution >= 4 is 23.7 Å². The zero-order chi connectivity index (χ0) is 18.2. The van der Waals surface area contributed by atoms with Crippen LogP contribution in [0, 0.1) is 6.92 Å². The van der Waals surface area contributed by atoms with Gasteiger partial charge in [-0.3, -0.25) is 9.59 Å². The van der Waals surface area contributed by atoms with Crippen LogP contribution in [-0.2, 0) is 9.59 Å². The Morgan fingerprint density at radius 2 is 1.88 bits per heavy atom. The largest absolute Gasteiger partial charge is 0.504 e. The fourth-order valence-electron chi connectivity index (χ4n) is 1.92. The van der Waals surface area contributed by atoms with Gasteiger partial charge in [-0.05, 0) is 49.7 Å². The van der Waals surface area contributed by atoms with Gasteiger partial charge < -0.3 is 15.2 Å². The summed E-state index contributed by atoms with van der Waals surface area (Å²) in [7, 11) is 0. The van der Waals surface area contributed by atoms with Crippen molar-refractivity contribution in [3.05, 3.63) is 53.6 Å². The summed E-state index contributed by atoms with van der Waals surface area (Å²) in [4.78, 5) is 23.5. The van der Waals surface area contributed by atoms with E-state index in [9.17, 15) is 14.7 Å². The molecule has 0 aliphatic carbocycles. The zero-order valence-corrected chi connectivity index (χ0v) is 13.9. The molecule has 0 aliphatic heterocycles. The van der Waals surface area contributed by atoms with E-state index in [0.717, 1.165) is 5.56 Å². The molecule has 0 atom stereocenters. The maximum Gasteiger partial charge on any atom is 0.329 e. The number of nitrogens with zero attached hydrogens (tertiary/aromatic N) is 1. The number of phenols is 1. The van der Waals surface area contributed by atoms with E-state index >= 15 is 0 Å². The van der Waals surface area contributed by atoms with Crippen LogP contribution in [-0.4, -0.2) is 29.7 Å². The molecule has 0 unspecified atom stereocenters. The number of hydrogen-bond donors (Lipinski definition) is 3. The summed E-state index contributed by atoms with van der Waals surface area (Å²) in [6, 6.07) is 11.7. The second-order valence-corrected chi connectivity index (χ2v) is 5.18. The van der Waals surface area contributed by atoms with Crippen LogP contribution in [0.1, 0.15) is 18.1 Å².